The van der Waals surface area contributed by atoms with E-state index in [1.54, 1.807) is 0 Å². The second-order valence-corrected chi connectivity index (χ2v) is 12.2. The molecule has 4 nitrogen and oxygen atoms in total. The molecule has 8 aliphatic rings. The Morgan fingerprint density at radius 3 is 1.91 bits per heavy atom. The summed E-state index contributed by atoms with van der Waals surface area (Å²) < 4.78 is 10.6. The van der Waals surface area contributed by atoms with Gasteiger partial charge in [0.15, 0.2) is 0 Å². The standard InChI is InChI=1S/C23H32O2.C4H6O2.C2H6/c24-22(25-23-9-12-3-13(10-23)5-14(4-12)11-23)19-8-17-7-18(19)21-16-2-1-15(6-16)20(17)21;1-3-4(5)6-2;1-2/h12-21H,1-11H2;3H,1H2,2H3;1-2H3. The van der Waals surface area contributed by atoms with Crippen LogP contribution in [0, 0.1) is 59.2 Å². The van der Waals surface area contributed by atoms with E-state index < -0.39 is 5.97 Å². The fraction of sp³-hybridized carbons (Fsp3) is 0.862. The van der Waals surface area contributed by atoms with Gasteiger partial charge in [-0.2, -0.15) is 0 Å². The smallest absolute Gasteiger partial charge is 0.329 e. The largest absolute Gasteiger partial charge is 0.466 e. The van der Waals surface area contributed by atoms with Crippen molar-refractivity contribution >= 4 is 11.9 Å². The molecule has 0 aromatic carbocycles. The van der Waals surface area contributed by atoms with E-state index >= 15 is 0 Å². The Kier molecular flexibility index (Phi) is 6.42. The van der Waals surface area contributed by atoms with Crippen LogP contribution in [0.15, 0.2) is 12.7 Å². The molecule has 4 heteroatoms. The topological polar surface area (TPSA) is 52.6 Å². The summed E-state index contributed by atoms with van der Waals surface area (Å²) in [6.45, 7) is 7.16. The first-order valence-electron chi connectivity index (χ1n) is 13.9. The second-order valence-electron chi connectivity index (χ2n) is 12.2. The molecule has 0 spiro atoms. The van der Waals surface area contributed by atoms with Crippen LogP contribution < -0.4 is 0 Å². The third kappa shape index (κ3) is 3.97. The number of carbonyl (C=O) groups excluding carboxylic acids is 2. The van der Waals surface area contributed by atoms with Crippen molar-refractivity contribution in [3.63, 3.8) is 0 Å². The molecule has 0 aromatic heterocycles. The Labute approximate surface area is 200 Å². The number of methoxy groups -OCH3 is 1. The highest BCUT2D eigenvalue weighted by molar-refractivity contribution is 5.80. The van der Waals surface area contributed by atoms with Crippen LogP contribution in [-0.2, 0) is 19.1 Å². The lowest BCUT2D eigenvalue weighted by atomic mass is 9.54. The molecule has 33 heavy (non-hydrogen) atoms. The van der Waals surface area contributed by atoms with Crippen molar-refractivity contribution in [3.05, 3.63) is 12.7 Å². The van der Waals surface area contributed by atoms with Crippen molar-refractivity contribution < 1.29 is 19.1 Å². The Morgan fingerprint density at radius 1 is 0.818 bits per heavy atom. The van der Waals surface area contributed by atoms with E-state index in [0.717, 1.165) is 53.4 Å². The number of rotatable bonds is 3. The lowest BCUT2D eigenvalue weighted by molar-refractivity contribution is -0.193. The van der Waals surface area contributed by atoms with Crippen molar-refractivity contribution in [3.8, 4) is 0 Å². The molecule has 0 saturated heterocycles. The van der Waals surface area contributed by atoms with Crippen LogP contribution in [0.4, 0.5) is 0 Å². The first kappa shape index (κ1) is 23.4. The van der Waals surface area contributed by atoms with Crippen molar-refractivity contribution in [2.75, 3.05) is 7.11 Å². The molecular weight excluding hydrogens is 412 g/mol. The molecule has 8 saturated carbocycles. The lowest BCUT2D eigenvalue weighted by Crippen LogP contribution is -2.53. The van der Waals surface area contributed by atoms with E-state index in [-0.39, 0.29) is 17.5 Å². The minimum absolute atomic E-state index is 0.0260. The molecule has 0 amide bonds. The zero-order chi connectivity index (χ0) is 23.3. The predicted octanol–water partition coefficient (Wildman–Crippen LogP) is 6.19. The minimum Gasteiger partial charge on any atom is -0.466 e. The molecule has 0 aromatic rings. The van der Waals surface area contributed by atoms with E-state index in [0.29, 0.717) is 5.92 Å². The van der Waals surface area contributed by atoms with Crippen LogP contribution in [0.2, 0.25) is 0 Å². The van der Waals surface area contributed by atoms with Gasteiger partial charge in [0.2, 0.25) is 0 Å². The molecule has 8 bridgehead atoms. The first-order valence-corrected chi connectivity index (χ1v) is 13.9. The number of hydrogen-bond donors (Lipinski definition) is 0. The zero-order valence-corrected chi connectivity index (χ0v) is 21.0. The maximum absolute atomic E-state index is 13.3. The van der Waals surface area contributed by atoms with Gasteiger partial charge >= 0.3 is 11.9 Å². The average molecular weight is 457 g/mol. The molecule has 8 fully saturated rings. The van der Waals surface area contributed by atoms with E-state index in [2.05, 4.69) is 11.3 Å². The van der Waals surface area contributed by atoms with Crippen LogP contribution >= 0.6 is 0 Å². The summed E-state index contributed by atoms with van der Waals surface area (Å²) in [5, 5.41) is 0. The molecule has 7 unspecified atom stereocenters. The fourth-order valence-electron chi connectivity index (χ4n) is 10.4. The monoisotopic (exact) mass is 456 g/mol. The van der Waals surface area contributed by atoms with Crippen molar-refractivity contribution in [1.29, 1.82) is 0 Å². The van der Waals surface area contributed by atoms with Gasteiger partial charge in [-0.1, -0.05) is 20.4 Å². The average Bonchev–Trinajstić information content (AvgIpc) is 3.59. The molecule has 0 heterocycles. The third-order valence-corrected chi connectivity index (χ3v) is 10.7. The van der Waals surface area contributed by atoms with Gasteiger partial charge in [-0.25, -0.2) is 4.79 Å². The molecule has 184 valence electrons. The van der Waals surface area contributed by atoms with Gasteiger partial charge < -0.3 is 9.47 Å². The van der Waals surface area contributed by atoms with Crippen LogP contribution in [-0.4, -0.2) is 24.6 Å². The Morgan fingerprint density at radius 2 is 1.39 bits per heavy atom. The van der Waals surface area contributed by atoms with E-state index in [9.17, 15) is 9.59 Å². The summed E-state index contributed by atoms with van der Waals surface area (Å²) >= 11 is 0. The summed E-state index contributed by atoms with van der Waals surface area (Å²) in [5.74, 6) is 8.23. The fourth-order valence-corrected chi connectivity index (χ4v) is 10.4. The quantitative estimate of drug-likeness (QED) is 0.289. The van der Waals surface area contributed by atoms with Gasteiger partial charge in [0.25, 0.3) is 0 Å². The Hall–Kier alpha value is -1.32. The van der Waals surface area contributed by atoms with Crippen molar-refractivity contribution in [1.82, 2.24) is 0 Å². The SMILES string of the molecule is C=CC(=O)OC.CC.O=C(OC12CC3CC(CC(C3)C1)C2)C1CC2CC1C1C3CCC(C3)C21. The predicted molar refractivity (Wildman–Crippen MR) is 128 cm³/mol. The van der Waals surface area contributed by atoms with Gasteiger partial charge in [-0.05, 0) is 124 Å². The number of fused-ring (bicyclic) bond motifs is 9. The summed E-state index contributed by atoms with van der Waals surface area (Å²) in [6.07, 6.45) is 16.0. The first-order chi connectivity index (χ1) is 16.0. The lowest BCUT2D eigenvalue weighted by Gasteiger charge is -2.56. The van der Waals surface area contributed by atoms with E-state index in [1.165, 1.54) is 77.7 Å². The van der Waals surface area contributed by atoms with Gasteiger partial charge in [0.05, 0.1) is 13.0 Å². The highest BCUT2D eigenvalue weighted by Gasteiger charge is 2.64. The summed E-state index contributed by atoms with van der Waals surface area (Å²) in [6, 6.07) is 0. The number of ether oxygens (including phenoxy) is 2. The highest BCUT2D eigenvalue weighted by Crippen LogP contribution is 2.69. The van der Waals surface area contributed by atoms with E-state index in [1.807, 2.05) is 13.8 Å². The number of esters is 2. The Bertz CT molecular complexity index is 736. The second kappa shape index (κ2) is 9.04. The highest BCUT2D eigenvalue weighted by atomic mass is 16.6. The Balaban J connectivity index is 0.000000252. The van der Waals surface area contributed by atoms with Gasteiger partial charge in [0.1, 0.15) is 5.60 Å². The third-order valence-electron chi connectivity index (χ3n) is 10.7. The molecule has 8 rings (SSSR count). The molecule has 7 atom stereocenters. The molecule has 8 aliphatic carbocycles. The van der Waals surface area contributed by atoms with Crippen molar-refractivity contribution in [2.45, 2.75) is 90.1 Å². The molecule has 0 N–H and O–H groups in total. The van der Waals surface area contributed by atoms with Gasteiger partial charge in [-0.15, -0.1) is 0 Å². The van der Waals surface area contributed by atoms with Crippen LogP contribution in [0.25, 0.3) is 0 Å². The number of carbonyl (C=O) groups is 2. The zero-order valence-electron chi connectivity index (χ0n) is 21.0. The van der Waals surface area contributed by atoms with Crippen LogP contribution in [0.5, 0.6) is 0 Å². The van der Waals surface area contributed by atoms with Gasteiger partial charge in [0, 0.05) is 6.08 Å². The van der Waals surface area contributed by atoms with Gasteiger partial charge in [-0.3, -0.25) is 4.79 Å². The summed E-state index contributed by atoms with van der Waals surface area (Å²) in [5.41, 5.74) is -0.0260. The van der Waals surface area contributed by atoms with E-state index in [4.69, 9.17) is 4.74 Å². The van der Waals surface area contributed by atoms with Crippen molar-refractivity contribution in [2.24, 2.45) is 59.2 Å². The van der Waals surface area contributed by atoms with Crippen LogP contribution in [0.3, 0.4) is 0 Å². The molecular formula is C29H44O4. The summed E-state index contributed by atoms with van der Waals surface area (Å²) in [7, 11) is 1.31. The normalized spacial score (nSPS) is 48.8. The van der Waals surface area contributed by atoms with Crippen LogP contribution in [0.1, 0.15) is 84.5 Å². The maximum Gasteiger partial charge on any atom is 0.329 e. The maximum atomic E-state index is 13.3. The minimum atomic E-state index is -0.394. The summed E-state index contributed by atoms with van der Waals surface area (Å²) in [4.78, 5) is 23.1. The molecule has 0 radical (unpaired) electrons. The number of hydrogen-bond acceptors (Lipinski definition) is 4. The molecule has 0 aliphatic heterocycles.